The Hall–Kier alpha value is -0.390. The van der Waals surface area contributed by atoms with Gasteiger partial charge in [-0.3, -0.25) is 4.79 Å². The molecule has 0 aliphatic heterocycles. The van der Waals surface area contributed by atoms with E-state index in [0.717, 1.165) is 8.66 Å². The van der Waals surface area contributed by atoms with E-state index in [1.807, 2.05) is 19.1 Å². The topological polar surface area (TPSA) is 40.5 Å². The summed E-state index contributed by atoms with van der Waals surface area (Å²) in [6, 6.07) is 3.97. The zero-order chi connectivity index (χ0) is 12.1. The Kier molecular flexibility index (Phi) is 5.44. The second-order valence-electron chi connectivity index (χ2n) is 3.69. The Balaban J connectivity index is 2.57. The van der Waals surface area contributed by atoms with E-state index in [1.165, 1.54) is 0 Å². The molecule has 90 valence electrons. The summed E-state index contributed by atoms with van der Waals surface area (Å²) in [6.07, 6.45) is 0.674. The highest BCUT2D eigenvalue weighted by Crippen LogP contribution is 2.23. The van der Waals surface area contributed by atoms with E-state index < -0.39 is 0 Å². The van der Waals surface area contributed by atoms with Crippen molar-refractivity contribution in [2.45, 2.75) is 19.9 Å². The first-order valence-electron chi connectivity index (χ1n) is 5.18. The molecule has 0 bridgehead atoms. The molecule has 0 aliphatic rings. The van der Waals surface area contributed by atoms with Crippen molar-refractivity contribution in [1.82, 2.24) is 4.90 Å². The van der Waals surface area contributed by atoms with Crippen LogP contribution < -0.4 is 0 Å². The third kappa shape index (κ3) is 3.57. The van der Waals surface area contributed by atoms with Crippen LogP contribution in [0, 0.1) is 5.92 Å². The molecule has 1 aromatic rings. The fourth-order valence-electron chi connectivity index (χ4n) is 1.44. The Bertz CT molecular complexity index is 350. The SMILES string of the molecule is CCC(CO)C(=O)N(C)Cc1ccc(Br)s1. The lowest BCUT2D eigenvalue weighted by Gasteiger charge is -2.21. The minimum absolute atomic E-state index is 0.00882. The molecule has 0 radical (unpaired) electrons. The zero-order valence-corrected chi connectivity index (χ0v) is 11.8. The first kappa shape index (κ1) is 13.7. The standard InChI is InChI=1S/C11H16BrNO2S/c1-3-8(7-14)11(15)13(2)6-9-4-5-10(12)16-9/h4-5,8,14H,3,6-7H2,1-2H3. The van der Waals surface area contributed by atoms with Crippen LogP contribution in [0.1, 0.15) is 18.2 Å². The summed E-state index contributed by atoms with van der Waals surface area (Å²) in [6.45, 7) is 2.44. The Morgan fingerprint density at radius 1 is 1.62 bits per heavy atom. The normalized spacial score (nSPS) is 12.5. The van der Waals surface area contributed by atoms with Gasteiger partial charge in [-0.2, -0.15) is 0 Å². The monoisotopic (exact) mass is 305 g/mol. The van der Waals surface area contributed by atoms with Gasteiger partial charge in [0.05, 0.1) is 22.9 Å². The summed E-state index contributed by atoms with van der Waals surface area (Å²) < 4.78 is 1.07. The quantitative estimate of drug-likeness (QED) is 0.908. The smallest absolute Gasteiger partial charge is 0.228 e. The summed E-state index contributed by atoms with van der Waals surface area (Å²) in [7, 11) is 1.77. The number of carbonyl (C=O) groups is 1. The van der Waals surface area contributed by atoms with Crippen molar-refractivity contribution in [2.75, 3.05) is 13.7 Å². The first-order chi connectivity index (χ1) is 7.58. The maximum atomic E-state index is 11.9. The Labute approximate surface area is 108 Å². The van der Waals surface area contributed by atoms with Crippen molar-refractivity contribution in [3.05, 3.63) is 20.8 Å². The number of thiophene rings is 1. The van der Waals surface area contributed by atoms with Crippen LogP contribution in [0.4, 0.5) is 0 Å². The summed E-state index contributed by atoms with van der Waals surface area (Å²) >= 11 is 5.01. The lowest BCUT2D eigenvalue weighted by atomic mass is 10.1. The van der Waals surface area contributed by atoms with Crippen LogP contribution in [0.5, 0.6) is 0 Å². The van der Waals surface area contributed by atoms with E-state index in [2.05, 4.69) is 15.9 Å². The molecule has 0 aliphatic carbocycles. The Morgan fingerprint density at radius 3 is 2.75 bits per heavy atom. The van der Waals surface area contributed by atoms with Crippen molar-refractivity contribution in [1.29, 1.82) is 0 Å². The number of amides is 1. The summed E-state index contributed by atoms with van der Waals surface area (Å²) in [4.78, 5) is 14.7. The van der Waals surface area contributed by atoms with Crippen LogP contribution >= 0.6 is 27.3 Å². The molecule has 0 saturated carbocycles. The average molecular weight is 306 g/mol. The maximum absolute atomic E-state index is 11.9. The zero-order valence-electron chi connectivity index (χ0n) is 9.44. The molecular weight excluding hydrogens is 290 g/mol. The van der Waals surface area contributed by atoms with Crippen molar-refractivity contribution >= 4 is 33.2 Å². The highest BCUT2D eigenvalue weighted by Gasteiger charge is 2.19. The van der Waals surface area contributed by atoms with Gasteiger partial charge in [0, 0.05) is 11.9 Å². The van der Waals surface area contributed by atoms with Crippen molar-refractivity contribution < 1.29 is 9.90 Å². The molecule has 1 aromatic heterocycles. The van der Waals surface area contributed by atoms with Gasteiger partial charge in [-0.1, -0.05) is 6.92 Å². The van der Waals surface area contributed by atoms with Crippen molar-refractivity contribution in [2.24, 2.45) is 5.92 Å². The van der Waals surface area contributed by atoms with Crippen LogP contribution in [0.3, 0.4) is 0 Å². The highest BCUT2D eigenvalue weighted by atomic mass is 79.9. The number of hydrogen-bond donors (Lipinski definition) is 1. The van der Waals surface area contributed by atoms with Crippen molar-refractivity contribution in [3.63, 3.8) is 0 Å². The molecule has 1 heterocycles. The molecule has 1 amide bonds. The third-order valence-electron chi connectivity index (χ3n) is 2.46. The van der Waals surface area contributed by atoms with Gasteiger partial charge in [0.1, 0.15) is 0 Å². The van der Waals surface area contributed by atoms with Gasteiger partial charge in [0.15, 0.2) is 0 Å². The minimum atomic E-state index is -0.270. The van der Waals surface area contributed by atoms with Crippen LogP contribution in [-0.2, 0) is 11.3 Å². The number of halogens is 1. The van der Waals surface area contributed by atoms with E-state index >= 15 is 0 Å². The summed E-state index contributed by atoms with van der Waals surface area (Å²) in [5.41, 5.74) is 0. The lowest BCUT2D eigenvalue weighted by Crippen LogP contribution is -2.33. The van der Waals surface area contributed by atoms with Gasteiger partial charge in [-0.25, -0.2) is 0 Å². The number of aliphatic hydroxyl groups excluding tert-OH is 1. The van der Waals surface area contributed by atoms with Gasteiger partial charge < -0.3 is 10.0 Å². The molecule has 3 nitrogen and oxygen atoms in total. The lowest BCUT2D eigenvalue weighted by molar-refractivity contribution is -0.136. The summed E-state index contributed by atoms with van der Waals surface area (Å²) in [5.74, 6) is -0.261. The predicted molar refractivity (Wildman–Crippen MR) is 69.4 cm³/mol. The number of carbonyl (C=O) groups excluding carboxylic acids is 1. The first-order valence-corrected chi connectivity index (χ1v) is 6.79. The summed E-state index contributed by atoms with van der Waals surface area (Å²) in [5, 5.41) is 9.06. The molecule has 1 N–H and O–H groups in total. The number of nitrogens with zero attached hydrogens (tertiary/aromatic N) is 1. The minimum Gasteiger partial charge on any atom is -0.396 e. The molecular formula is C11H16BrNO2S. The molecule has 1 rings (SSSR count). The van der Waals surface area contributed by atoms with Crippen LogP contribution in [0.15, 0.2) is 15.9 Å². The largest absolute Gasteiger partial charge is 0.396 e. The molecule has 1 unspecified atom stereocenters. The molecule has 0 aromatic carbocycles. The molecule has 0 saturated heterocycles. The van der Waals surface area contributed by atoms with E-state index in [-0.39, 0.29) is 18.4 Å². The van der Waals surface area contributed by atoms with Gasteiger partial charge in [0.25, 0.3) is 0 Å². The second kappa shape index (κ2) is 6.37. The van der Waals surface area contributed by atoms with E-state index in [0.29, 0.717) is 13.0 Å². The van der Waals surface area contributed by atoms with Crippen molar-refractivity contribution in [3.8, 4) is 0 Å². The van der Waals surface area contributed by atoms with Crippen LogP contribution in [0.2, 0.25) is 0 Å². The predicted octanol–water partition coefficient (Wildman–Crippen LogP) is 2.49. The average Bonchev–Trinajstić information content (AvgIpc) is 2.65. The molecule has 0 spiro atoms. The van der Waals surface area contributed by atoms with Crippen LogP contribution in [-0.4, -0.2) is 29.6 Å². The fourth-order valence-corrected chi connectivity index (χ4v) is 2.98. The molecule has 1 atom stereocenters. The second-order valence-corrected chi connectivity index (χ2v) is 6.24. The van der Waals surface area contributed by atoms with E-state index in [9.17, 15) is 4.79 Å². The van der Waals surface area contributed by atoms with E-state index in [4.69, 9.17) is 5.11 Å². The van der Waals surface area contributed by atoms with Gasteiger partial charge in [0.2, 0.25) is 5.91 Å². The van der Waals surface area contributed by atoms with E-state index in [1.54, 1.807) is 23.3 Å². The van der Waals surface area contributed by atoms with Crippen LogP contribution in [0.25, 0.3) is 0 Å². The Morgan fingerprint density at radius 2 is 2.31 bits per heavy atom. The fraction of sp³-hybridized carbons (Fsp3) is 0.545. The van der Waals surface area contributed by atoms with Gasteiger partial charge in [-0.05, 0) is 34.5 Å². The molecule has 5 heteroatoms. The molecule has 0 fully saturated rings. The van der Waals surface area contributed by atoms with Gasteiger partial charge >= 0.3 is 0 Å². The number of rotatable bonds is 5. The van der Waals surface area contributed by atoms with Gasteiger partial charge in [-0.15, -0.1) is 11.3 Å². The third-order valence-corrected chi connectivity index (χ3v) is 4.07. The maximum Gasteiger partial charge on any atom is 0.228 e. The molecule has 16 heavy (non-hydrogen) atoms. The highest BCUT2D eigenvalue weighted by molar-refractivity contribution is 9.11. The number of aliphatic hydroxyl groups is 1. The number of hydrogen-bond acceptors (Lipinski definition) is 3.